The van der Waals surface area contributed by atoms with Crippen LogP contribution in [0, 0.1) is 0 Å². The van der Waals surface area contributed by atoms with Gasteiger partial charge in [0.1, 0.15) is 5.82 Å². The van der Waals surface area contributed by atoms with Gasteiger partial charge in [0.2, 0.25) is 10.0 Å². The standard InChI is InChI=1S/C9H15ClN4O2S/c10-3-1-5-17(15,16)13-9-2-4-12-14(9)8-6-11-7-8/h2,4,8,11,13H,1,3,5-7H2. The average molecular weight is 279 g/mol. The molecule has 1 fully saturated rings. The quantitative estimate of drug-likeness (QED) is 0.739. The molecule has 0 spiro atoms. The normalized spacial score (nSPS) is 16.8. The van der Waals surface area contributed by atoms with Gasteiger partial charge in [-0.3, -0.25) is 4.72 Å². The van der Waals surface area contributed by atoms with Crippen LogP contribution in [-0.2, 0) is 10.0 Å². The molecule has 96 valence electrons. The summed E-state index contributed by atoms with van der Waals surface area (Å²) in [6.45, 7) is 1.64. The maximum Gasteiger partial charge on any atom is 0.233 e. The molecule has 1 aliphatic heterocycles. The van der Waals surface area contributed by atoms with Crippen molar-refractivity contribution < 1.29 is 8.42 Å². The predicted molar refractivity (Wildman–Crippen MR) is 66.9 cm³/mol. The third kappa shape index (κ3) is 3.11. The second kappa shape index (κ2) is 5.24. The maximum atomic E-state index is 11.7. The zero-order valence-corrected chi connectivity index (χ0v) is 10.8. The minimum absolute atomic E-state index is 0.0323. The van der Waals surface area contributed by atoms with Crippen molar-refractivity contribution in [3.05, 3.63) is 12.3 Å². The van der Waals surface area contributed by atoms with E-state index in [0.717, 1.165) is 13.1 Å². The molecular weight excluding hydrogens is 264 g/mol. The zero-order chi connectivity index (χ0) is 12.3. The fourth-order valence-corrected chi connectivity index (χ4v) is 2.99. The highest BCUT2D eigenvalue weighted by atomic mass is 35.5. The lowest BCUT2D eigenvalue weighted by Crippen LogP contribution is -2.44. The molecule has 1 aromatic heterocycles. The van der Waals surface area contributed by atoms with Crippen molar-refractivity contribution in [3.8, 4) is 0 Å². The van der Waals surface area contributed by atoms with Crippen molar-refractivity contribution in [1.82, 2.24) is 15.1 Å². The van der Waals surface area contributed by atoms with E-state index in [2.05, 4.69) is 15.1 Å². The fraction of sp³-hybridized carbons (Fsp3) is 0.667. The molecule has 0 radical (unpaired) electrons. The van der Waals surface area contributed by atoms with E-state index in [0.29, 0.717) is 18.1 Å². The molecule has 8 heteroatoms. The number of halogens is 1. The molecule has 2 heterocycles. The van der Waals surface area contributed by atoms with E-state index in [-0.39, 0.29) is 11.8 Å². The van der Waals surface area contributed by atoms with Gasteiger partial charge in [0, 0.05) is 25.0 Å². The van der Waals surface area contributed by atoms with Crippen LogP contribution in [0.15, 0.2) is 12.3 Å². The first-order chi connectivity index (χ1) is 8.12. The van der Waals surface area contributed by atoms with Gasteiger partial charge in [-0.25, -0.2) is 13.1 Å². The highest BCUT2D eigenvalue weighted by molar-refractivity contribution is 7.92. The van der Waals surface area contributed by atoms with E-state index < -0.39 is 10.0 Å². The Balaban J connectivity index is 2.05. The molecule has 0 saturated carbocycles. The van der Waals surface area contributed by atoms with Crippen LogP contribution in [0.5, 0.6) is 0 Å². The highest BCUT2D eigenvalue weighted by Gasteiger charge is 2.23. The maximum absolute atomic E-state index is 11.7. The molecule has 1 saturated heterocycles. The van der Waals surface area contributed by atoms with Crippen LogP contribution >= 0.6 is 11.6 Å². The van der Waals surface area contributed by atoms with Crippen LogP contribution in [0.3, 0.4) is 0 Å². The van der Waals surface area contributed by atoms with Gasteiger partial charge in [-0.2, -0.15) is 5.10 Å². The Bertz CT molecular complexity index is 469. The van der Waals surface area contributed by atoms with Crippen LogP contribution in [-0.4, -0.2) is 42.9 Å². The van der Waals surface area contributed by atoms with E-state index in [1.54, 1.807) is 16.9 Å². The average Bonchev–Trinajstić information content (AvgIpc) is 2.60. The van der Waals surface area contributed by atoms with Crippen molar-refractivity contribution in [2.45, 2.75) is 12.5 Å². The SMILES string of the molecule is O=S(=O)(CCCCl)Nc1ccnn1C1CNC1. The van der Waals surface area contributed by atoms with Gasteiger partial charge in [0.25, 0.3) is 0 Å². The zero-order valence-electron chi connectivity index (χ0n) is 9.26. The Morgan fingerprint density at radius 3 is 2.94 bits per heavy atom. The number of anilines is 1. The number of hydrogen-bond donors (Lipinski definition) is 2. The molecule has 0 amide bonds. The summed E-state index contributed by atoms with van der Waals surface area (Å²) < 4.78 is 27.7. The summed E-state index contributed by atoms with van der Waals surface area (Å²) in [6, 6.07) is 1.90. The van der Waals surface area contributed by atoms with Crippen molar-refractivity contribution in [2.75, 3.05) is 29.4 Å². The molecule has 17 heavy (non-hydrogen) atoms. The van der Waals surface area contributed by atoms with Crippen molar-refractivity contribution in [3.63, 3.8) is 0 Å². The molecule has 0 aromatic carbocycles. The first-order valence-corrected chi connectivity index (χ1v) is 7.62. The van der Waals surface area contributed by atoms with Gasteiger partial charge in [-0.15, -0.1) is 11.6 Å². The van der Waals surface area contributed by atoms with Crippen LogP contribution in [0.1, 0.15) is 12.5 Å². The number of rotatable bonds is 6. The second-order valence-electron chi connectivity index (χ2n) is 3.94. The van der Waals surface area contributed by atoms with Gasteiger partial charge in [0.15, 0.2) is 0 Å². The van der Waals surface area contributed by atoms with Crippen molar-refractivity contribution in [2.24, 2.45) is 0 Å². The molecule has 6 nitrogen and oxygen atoms in total. The minimum atomic E-state index is -3.32. The molecule has 0 atom stereocenters. The van der Waals surface area contributed by atoms with Gasteiger partial charge in [0.05, 0.1) is 18.0 Å². The molecule has 1 aromatic rings. The molecule has 2 N–H and O–H groups in total. The molecule has 0 unspecified atom stereocenters. The number of aromatic nitrogens is 2. The lowest BCUT2D eigenvalue weighted by Gasteiger charge is -2.28. The molecule has 1 aliphatic rings. The first kappa shape index (κ1) is 12.7. The lowest BCUT2D eigenvalue weighted by atomic mass is 10.2. The van der Waals surface area contributed by atoms with Crippen LogP contribution in [0.2, 0.25) is 0 Å². The Morgan fingerprint density at radius 2 is 2.35 bits per heavy atom. The summed E-state index contributed by atoms with van der Waals surface area (Å²) in [7, 11) is -3.32. The molecular formula is C9H15ClN4O2S. The molecule has 0 aliphatic carbocycles. The Kier molecular flexibility index (Phi) is 3.90. The Hall–Kier alpha value is -0.790. The monoisotopic (exact) mass is 278 g/mol. The third-order valence-corrected chi connectivity index (χ3v) is 4.20. The largest absolute Gasteiger partial charge is 0.312 e. The number of alkyl halides is 1. The van der Waals surface area contributed by atoms with Crippen molar-refractivity contribution in [1.29, 1.82) is 0 Å². The molecule has 2 rings (SSSR count). The summed E-state index contributed by atoms with van der Waals surface area (Å²) in [4.78, 5) is 0. The summed E-state index contributed by atoms with van der Waals surface area (Å²) in [5, 5.41) is 7.24. The number of nitrogens with zero attached hydrogens (tertiary/aromatic N) is 2. The summed E-state index contributed by atoms with van der Waals surface area (Å²) in [5.41, 5.74) is 0. The minimum Gasteiger partial charge on any atom is -0.312 e. The van der Waals surface area contributed by atoms with Gasteiger partial charge in [-0.1, -0.05) is 0 Å². The van der Waals surface area contributed by atoms with Gasteiger partial charge < -0.3 is 5.32 Å². The topological polar surface area (TPSA) is 76.0 Å². The summed E-state index contributed by atoms with van der Waals surface area (Å²) in [6.07, 6.45) is 2.04. The van der Waals surface area contributed by atoms with Gasteiger partial charge in [-0.05, 0) is 6.42 Å². The van der Waals surface area contributed by atoms with E-state index in [9.17, 15) is 8.42 Å². The van der Waals surface area contributed by atoms with E-state index in [4.69, 9.17) is 11.6 Å². The highest BCUT2D eigenvalue weighted by Crippen LogP contribution is 2.18. The van der Waals surface area contributed by atoms with E-state index >= 15 is 0 Å². The number of hydrogen-bond acceptors (Lipinski definition) is 4. The van der Waals surface area contributed by atoms with Gasteiger partial charge >= 0.3 is 0 Å². The van der Waals surface area contributed by atoms with Crippen LogP contribution in [0.25, 0.3) is 0 Å². The van der Waals surface area contributed by atoms with Crippen LogP contribution < -0.4 is 10.0 Å². The van der Waals surface area contributed by atoms with E-state index in [1.807, 2.05) is 0 Å². The summed E-state index contributed by atoms with van der Waals surface area (Å²) in [5.74, 6) is 0.892. The second-order valence-corrected chi connectivity index (χ2v) is 6.16. The Labute approximate surface area is 105 Å². The number of nitrogens with one attached hydrogen (secondary N) is 2. The Morgan fingerprint density at radius 1 is 1.59 bits per heavy atom. The van der Waals surface area contributed by atoms with Crippen LogP contribution in [0.4, 0.5) is 5.82 Å². The number of sulfonamides is 1. The predicted octanol–water partition coefficient (Wildman–Crippen LogP) is 0.398. The van der Waals surface area contributed by atoms with E-state index in [1.165, 1.54) is 0 Å². The molecule has 0 bridgehead atoms. The van der Waals surface area contributed by atoms with Crippen molar-refractivity contribution >= 4 is 27.4 Å². The third-order valence-electron chi connectivity index (χ3n) is 2.58. The smallest absolute Gasteiger partial charge is 0.233 e. The summed E-state index contributed by atoms with van der Waals surface area (Å²) >= 11 is 5.48. The fourth-order valence-electron chi connectivity index (χ4n) is 1.59. The lowest BCUT2D eigenvalue weighted by molar-refractivity contribution is 0.322. The first-order valence-electron chi connectivity index (χ1n) is 5.43.